The number of carbonyl (C=O) groups is 1. The van der Waals surface area contributed by atoms with Crippen LogP contribution in [-0.4, -0.2) is 59.2 Å². The first-order chi connectivity index (χ1) is 14.0. The van der Waals surface area contributed by atoms with Gasteiger partial charge in [0.15, 0.2) is 11.6 Å². The van der Waals surface area contributed by atoms with Gasteiger partial charge in [0.05, 0.1) is 17.9 Å². The number of ether oxygens (including phenoxy) is 1. The Morgan fingerprint density at radius 1 is 1.41 bits per heavy atom. The third kappa shape index (κ3) is 3.19. The van der Waals surface area contributed by atoms with Gasteiger partial charge in [0.1, 0.15) is 0 Å². The van der Waals surface area contributed by atoms with Gasteiger partial charge in [-0.3, -0.25) is 9.69 Å². The van der Waals surface area contributed by atoms with Crippen LogP contribution in [0.3, 0.4) is 0 Å². The van der Waals surface area contributed by atoms with Crippen molar-refractivity contribution in [1.82, 2.24) is 19.8 Å². The molecular formula is C20H25FN6O2. The molecule has 0 spiro atoms. The van der Waals surface area contributed by atoms with Gasteiger partial charge in [-0.25, -0.2) is 9.37 Å². The highest BCUT2D eigenvalue weighted by Gasteiger charge is 2.32. The molecular weight excluding hydrogens is 375 g/mol. The molecule has 5 rings (SSSR count). The summed E-state index contributed by atoms with van der Waals surface area (Å²) in [4.78, 5) is 19.3. The Hall–Kier alpha value is -2.49. The van der Waals surface area contributed by atoms with Crippen LogP contribution in [0, 0.1) is 5.82 Å². The molecule has 29 heavy (non-hydrogen) atoms. The van der Waals surface area contributed by atoms with Gasteiger partial charge in [-0.1, -0.05) is 0 Å². The Labute approximate surface area is 168 Å². The van der Waals surface area contributed by atoms with Crippen molar-refractivity contribution in [2.75, 3.05) is 32.1 Å². The summed E-state index contributed by atoms with van der Waals surface area (Å²) in [5.41, 5.74) is 9.34. The zero-order valence-electron chi connectivity index (χ0n) is 16.4. The monoisotopic (exact) mass is 400 g/mol. The topological polar surface area (TPSA) is 97.4 Å². The second-order valence-electron chi connectivity index (χ2n) is 8.09. The van der Waals surface area contributed by atoms with E-state index in [4.69, 9.17) is 10.5 Å². The number of likely N-dealkylation sites (N-methyl/N-ethyl adjacent to an activating group) is 1. The molecule has 3 aliphatic heterocycles. The third-order valence-corrected chi connectivity index (χ3v) is 6.02. The van der Waals surface area contributed by atoms with E-state index in [9.17, 15) is 4.79 Å². The number of pyridine rings is 1. The van der Waals surface area contributed by atoms with Crippen LogP contribution in [0.2, 0.25) is 0 Å². The molecule has 1 fully saturated rings. The standard InChI is InChI=1S/C20H25FN6O2/c1-26-3-4-27-8-11(6-12(27)9-26)18-16-13(7-23-20(16)28)17(21)19(25-18)24-15-2-5-29-10-14(15)22/h6,8,14-15H,2-5,7,9-10,22H2,1H3,(H,23,28)(H,24,25). The predicted molar refractivity (Wildman–Crippen MR) is 106 cm³/mol. The Kier molecular flexibility index (Phi) is 4.53. The van der Waals surface area contributed by atoms with Crippen molar-refractivity contribution >= 4 is 11.7 Å². The smallest absolute Gasteiger partial charge is 0.254 e. The zero-order valence-corrected chi connectivity index (χ0v) is 16.4. The van der Waals surface area contributed by atoms with Crippen molar-refractivity contribution in [3.8, 4) is 11.3 Å². The van der Waals surface area contributed by atoms with Gasteiger partial charge in [-0.2, -0.15) is 0 Å². The van der Waals surface area contributed by atoms with E-state index in [0.717, 1.165) is 30.9 Å². The molecule has 3 aliphatic rings. The van der Waals surface area contributed by atoms with Gasteiger partial charge >= 0.3 is 0 Å². The fraction of sp³-hybridized carbons (Fsp3) is 0.500. The fourth-order valence-corrected chi connectivity index (χ4v) is 4.36. The number of amides is 1. The van der Waals surface area contributed by atoms with Gasteiger partial charge in [0.2, 0.25) is 0 Å². The van der Waals surface area contributed by atoms with Crippen LogP contribution in [0.25, 0.3) is 11.3 Å². The minimum absolute atomic E-state index is 0.127. The molecule has 0 saturated carbocycles. The molecule has 2 aromatic rings. The molecule has 0 aromatic carbocycles. The molecule has 2 atom stereocenters. The quantitative estimate of drug-likeness (QED) is 0.709. The predicted octanol–water partition coefficient (Wildman–Crippen LogP) is 0.906. The van der Waals surface area contributed by atoms with Crippen LogP contribution in [-0.2, 0) is 24.4 Å². The van der Waals surface area contributed by atoms with Gasteiger partial charge < -0.3 is 25.7 Å². The summed E-state index contributed by atoms with van der Waals surface area (Å²) in [6, 6.07) is 1.68. The number of fused-ring (bicyclic) bond motifs is 2. The van der Waals surface area contributed by atoms with Crippen molar-refractivity contribution in [3.05, 3.63) is 34.9 Å². The fourth-order valence-electron chi connectivity index (χ4n) is 4.36. The summed E-state index contributed by atoms with van der Waals surface area (Å²) in [5.74, 6) is -0.611. The van der Waals surface area contributed by atoms with Crippen molar-refractivity contribution in [2.24, 2.45) is 5.73 Å². The van der Waals surface area contributed by atoms with Crippen LogP contribution in [0.1, 0.15) is 28.0 Å². The molecule has 154 valence electrons. The summed E-state index contributed by atoms with van der Waals surface area (Å²) in [6.45, 7) is 3.84. The molecule has 5 heterocycles. The van der Waals surface area contributed by atoms with E-state index in [0.29, 0.717) is 36.5 Å². The molecule has 2 aromatic heterocycles. The number of halogens is 1. The SMILES string of the molecule is CN1CCn2cc(-c3nc(NC4CCOCC4N)c(F)c4c3C(=O)NC4)cc2C1. The summed E-state index contributed by atoms with van der Waals surface area (Å²) in [5, 5.41) is 5.92. The van der Waals surface area contributed by atoms with Gasteiger partial charge in [-0.15, -0.1) is 0 Å². The molecule has 0 aliphatic carbocycles. The lowest BCUT2D eigenvalue weighted by Crippen LogP contribution is -2.48. The average Bonchev–Trinajstić information content (AvgIpc) is 3.29. The Morgan fingerprint density at radius 2 is 2.28 bits per heavy atom. The molecule has 1 saturated heterocycles. The first kappa shape index (κ1) is 18.5. The van der Waals surface area contributed by atoms with E-state index in [1.165, 1.54) is 0 Å². The number of nitrogens with one attached hydrogen (secondary N) is 2. The van der Waals surface area contributed by atoms with Crippen LogP contribution >= 0.6 is 0 Å². The van der Waals surface area contributed by atoms with Gasteiger partial charge in [-0.05, 0) is 19.5 Å². The number of nitrogens with two attached hydrogens (primary N) is 1. The second-order valence-corrected chi connectivity index (χ2v) is 8.09. The minimum Gasteiger partial charge on any atom is -0.380 e. The van der Waals surface area contributed by atoms with Crippen molar-refractivity contribution in [2.45, 2.75) is 38.1 Å². The number of aromatic nitrogens is 2. The number of rotatable bonds is 3. The highest BCUT2D eigenvalue weighted by Crippen LogP contribution is 2.34. The lowest BCUT2D eigenvalue weighted by atomic mass is 10.0. The van der Waals surface area contributed by atoms with Crippen LogP contribution in [0.15, 0.2) is 12.3 Å². The van der Waals surface area contributed by atoms with Gasteiger partial charge in [0, 0.05) is 67.9 Å². The minimum atomic E-state index is -0.482. The molecule has 0 radical (unpaired) electrons. The maximum atomic E-state index is 15.2. The molecule has 4 N–H and O–H groups in total. The van der Waals surface area contributed by atoms with Gasteiger partial charge in [0.25, 0.3) is 5.91 Å². The Morgan fingerprint density at radius 3 is 3.10 bits per heavy atom. The number of hydrogen-bond donors (Lipinski definition) is 3. The normalized spacial score (nSPS) is 24.2. The highest BCUT2D eigenvalue weighted by molar-refractivity contribution is 6.04. The van der Waals surface area contributed by atoms with Crippen LogP contribution in [0.5, 0.6) is 0 Å². The van der Waals surface area contributed by atoms with E-state index in [-0.39, 0.29) is 30.4 Å². The molecule has 0 bridgehead atoms. The molecule has 8 nitrogen and oxygen atoms in total. The largest absolute Gasteiger partial charge is 0.380 e. The average molecular weight is 400 g/mol. The van der Waals surface area contributed by atoms with E-state index in [2.05, 4.69) is 32.1 Å². The summed E-state index contributed by atoms with van der Waals surface area (Å²) >= 11 is 0. The summed E-state index contributed by atoms with van der Waals surface area (Å²) in [6.07, 6.45) is 2.69. The second kappa shape index (κ2) is 7.08. The van der Waals surface area contributed by atoms with Crippen molar-refractivity contribution in [1.29, 1.82) is 0 Å². The van der Waals surface area contributed by atoms with E-state index in [1.807, 2.05) is 12.3 Å². The first-order valence-corrected chi connectivity index (χ1v) is 9.99. The zero-order chi connectivity index (χ0) is 20.1. The molecule has 9 heteroatoms. The lowest BCUT2D eigenvalue weighted by molar-refractivity contribution is 0.0751. The first-order valence-electron chi connectivity index (χ1n) is 9.99. The number of anilines is 1. The number of carbonyl (C=O) groups excluding carboxylic acids is 1. The van der Waals surface area contributed by atoms with Crippen molar-refractivity contribution < 1.29 is 13.9 Å². The van der Waals surface area contributed by atoms with E-state index in [1.54, 1.807) is 0 Å². The van der Waals surface area contributed by atoms with E-state index >= 15 is 4.39 Å². The maximum absolute atomic E-state index is 15.2. The van der Waals surface area contributed by atoms with Crippen LogP contribution in [0.4, 0.5) is 10.2 Å². The summed E-state index contributed by atoms with van der Waals surface area (Å²) < 4.78 is 22.8. The lowest BCUT2D eigenvalue weighted by Gasteiger charge is -2.30. The molecule has 2 unspecified atom stereocenters. The third-order valence-electron chi connectivity index (χ3n) is 6.02. The Balaban J connectivity index is 1.58. The Bertz CT molecular complexity index is 974. The molecule has 1 amide bonds. The number of nitrogens with zero attached hydrogens (tertiary/aromatic N) is 3. The van der Waals surface area contributed by atoms with Crippen LogP contribution < -0.4 is 16.4 Å². The highest BCUT2D eigenvalue weighted by atomic mass is 19.1. The summed E-state index contributed by atoms with van der Waals surface area (Å²) in [7, 11) is 2.08. The number of hydrogen-bond acceptors (Lipinski definition) is 6. The van der Waals surface area contributed by atoms with E-state index < -0.39 is 5.82 Å². The van der Waals surface area contributed by atoms with Crippen molar-refractivity contribution in [3.63, 3.8) is 0 Å². The maximum Gasteiger partial charge on any atom is 0.254 e.